The molecule has 3 aromatic carbocycles. The van der Waals surface area contributed by atoms with Gasteiger partial charge >= 0.3 is 29.6 Å². The van der Waals surface area contributed by atoms with E-state index in [9.17, 15) is 4.79 Å². The SMILES string of the molecule is COc1c(C=C2SC(=Nc3cc[c-]cc3)NC2=O)ccc2ccccc12.[Na+]. The van der Waals surface area contributed by atoms with E-state index in [2.05, 4.69) is 16.4 Å². The van der Waals surface area contributed by atoms with Crippen LogP contribution in [0.4, 0.5) is 5.69 Å². The van der Waals surface area contributed by atoms with E-state index in [1.165, 1.54) is 11.8 Å². The Labute approximate surface area is 184 Å². The number of nitrogens with one attached hydrogen (secondary N) is 1. The summed E-state index contributed by atoms with van der Waals surface area (Å²) >= 11 is 1.32. The van der Waals surface area contributed by atoms with Crippen LogP contribution in [0.1, 0.15) is 5.56 Å². The first-order chi connectivity index (χ1) is 12.7. The third kappa shape index (κ3) is 4.28. The predicted octanol–water partition coefficient (Wildman–Crippen LogP) is 1.54. The second kappa shape index (κ2) is 8.76. The van der Waals surface area contributed by atoms with Gasteiger partial charge in [-0.3, -0.25) is 9.79 Å². The van der Waals surface area contributed by atoms with E-state index in [4.69, 9.17) is 4.74 Å². The first-order valence-corrected chi connectivity index (χ1v) is 8.88. The van der Waals surface area contributed by atoms with Crippen molar-refractivity contribution >= 4 is 45.4 Å². The number of thioether (sulfide) groups is 1. The monoisotopic (exact) mass is 382 g/mol. The third-order valence-corrected chi connectivity index (χ3v) is 4.89. The topological polar surface area (TPSA) is 50.7 Å². The summed E-state index contributed by atoms with van der Waals surface area (Å²) in [6.45, 7) is 0. The summed E-state index contributed by atoms with van der Waals surface area (Å²) in [4.78, 5) is 17.3. The molecule has 0 atom stereocenters. The second-order valence-electron chi connectivity index (χ2n) is 5.65. The summed E-state index contributed by atoms with van der Waals surface area (Å²) in [5, 5.41) is 5.48. The van der Waals surface area contributed by atoms with Crippen LogP contribution in [0, 0.1) is 6.07 Å². The van der Waals surface area contributed by atoms with Gasteiger partial charge in [0.25, 0.3) is 5.91 Å². The van der Waals surface area contributed by atoms with Gasteiger partial charge in [-0.1, -0.05) is 36.4 Å². The number of fused-ring (bicyclic) bond motifs is 1. The number of amidine groups is 1. The summed E-state index contributed by atoms with van der Waals surface area (Å²) < 4.78 is 5.61. The van der Waals surface area contributed by atoms with Crippen LogP contribution in [-0.4, -0.2) is 18.2 Å². The van der Waals surface area contributed by atoms with Crippen molar-refractivity contribution in [3.05, 3.63) is 77.2 Å². The van der Waals surface area contributed by atoms with Crippen molar-refractivity contribution in [3.8, 4) is 5.75 Å². The van der Waals surface area contributed by atoms with Crippen molar-refractivity contribution in [1.29, 1.82) is 0 Å². The molecule has 1 heterocycles. The molecule has 1 aliphatic rings. The molecule has 6 heteroatoms. The number of rotatable bonds is 3. The summed E-state index contributed by atoms with van der Waals surface area (Å²) in [5.74, 6) is 0.597. The van der Waals surface area contributed by atoms with Crippen LogP contribution in [0.15, 0.2) is 70.6 Å². The van der Waals surface area contributed by atoms with Gasteiger partial charge < -0.3 is 10.1 Å². The van der Waals surface area contributed by atoms with Gasteiger partial charge in [0.05, 0.1) is 12.0 Å². The van der Waals surface area contributed by atoms with Crippen LogP contribution in [0.5, 0.6) is 5.75 Å². The fraction of sp³-hybridized carbons (Fsp3) is 0.0476. The first-order valence-electron chi connectivity index (χ1n) is 8.06. The molecule has 0 unspecified atom stereocenters. The van der Waals surface area contributed by atoms with E-state index in [0.29, 0.717) is 10.1 Å². The Morgan fingerprint density at radius 3 is 2.67 bits per heavy atom. The molecule has 4 nitrogen and oxygen atoms in total. The molecule has 0 aliphatic carbocycles. The van der Waals surface area contributed by atoms with Crippen molar-refractivity contribution in [3.63, 3.8) is 0 Å². The number of amides is 1. The normalized spacial score (nSPS) is 16.4. The number of hydrogen-bond acceptors (Lipinski definition) is 4. The Morgan fingerprint density at radius 1 is 1.11 bits per heavy atom. The van der Waals surface area contributed by atoms with Gasteiger partial charge in [-0.25, -0.2) is 0 Å². The molecule has 0 aromatic heterocycles. The van der Waals surface area contributed by atoms with Crippen LogP contribution in [0.25, 0.3) is 16.8 Å². The number of benzene rings is 3. The Balaban J connectivity index is 0.00000210. The number of aliphatic imine (C=N–C) groups is 1. The van der Waals surface area contributed by atoms with E-state index in [1.54, 1.807) is 19.2 Å². The van der Waals surface area contributed by atoms with Gasteiger partial charge in [0.15, 0.2) is 5.17 Å². The molecular weight excluding hydrogens is 367 g/mol. The van der Waals surface area contributed by atoms with Crippen LogP contribution >= 0.6 is 11.8 Å². The molecule has 4 rings (SSSR count). The Morgan fingerprint density at radius 2 is 1.89 bits per heavy atom. The number of carbonyl (C=O) groups excluding carboxylic acids is 1. The molecule has 0 radical (unpaired) electrons. The average Bonchev–Trinajstić information content (AvgIpc) is 3.01. The molecular formula is C21H15N2NaO2S. The Kier molecular flexibility index (Phi) is 6.39. The van der Waals surface area contributed by atoms with Gasteiger partial charge in [-0.15, -0.1) is 12.1 Å². The van der Waals surface area contributed by atoms with Crippen LogP contribution in [0.2, 0.25) is 0 Å². The maximum absolute atomic E-state index is 12.3. The zero-order valence-corrected chi connectivity index (χ0v) is 17.8. The number of hydrogen-bond donors (Lipinski definition) is 1. The molecule has 0 saturated carbocycles. The number of methoxy groups -OCH3 is 1. The maximum atomic E-state index is 12.3. The maximum Gasteiger partial charge on any atom is 1.00 e. The number of nitrogens with zero attached hydrogens (tertiary/aromatic N) is 1. The molecule has 0 spiro atoms. The van der Waals surface area contributed by atoms with Gasteiger partial charge in [0.1, 0.15) is 5.75 Å². The van der Waals surface area contributed by atoms with Crippen molar-refractivity contribution in [2.45, 2.75) is 0 Å². The summed E-state index contributed by atoms with van der Waals surface area (Å²) in [5.41, 5.74) is 1.63. The summed E-state index contributed by atoms with van der Waals surface area (Å²) in [7, 11) is 1.64. The fourth-order valence-electron chi connectivity index (χ4n) is 2.79. The molecule has 1 aliphatic heterocycles. The smallest absolute Gasteiger partial charge is 0.495 e. The van der Waals surface area contributed by atoms with Crippen molar-refractivity contribution in [2.24, 2.45) is 4.99 Å². The van der Waals surface area contributed by atoms with E-state index >= 15 is 0 Å². The van der Waals surface area contributed by atoms with Gasteiger partial charge in [0.2, 0.25) is 0 Å². The van der Waals surface area contributed by atoms with Crippen molar-refractivity contribution < 1.29 is 39.1 Å². The molecule has 3 aromatic rings. The van der Waals surface area contributed by atoms with Crippen LogP contribution in [0.3, 0.4) is 0 Å². The molecule has 0 bridgehead atoms. The number of ether oxygens (including phenoxy) is 1. The quantitative estimate of drug-likeness (QED) is 0.425. The minimum Gasteiger partial charge on any atom is -0.495 e. The van der Waals surface area contributed by atoms with Crippen molar-refractivity contribution in [1.82, 2.24) is 5.32 Å². The zero-order chi connectivity index (χ0) is 17.9. The van der Waals surface area contributed by atoms with Crippen LogP contribution < -0.4 is 39.6 Å². The van der Waals surface area contributed by atoms with Crippen molar-refractivity contribution in [2.75, 3.05) is 7.11 Å². The second-order valence-corrected chi connectivity index (χ2v) is 6.68. The zero-order valence-electron chi connectivity index (χ0n) is 15.0. The van der Waals surface area contributed by atoms with Gasteiger partial charge in [0, 0.05) is 10.9 Å². The summed E-state index contributed by atoms with van der Waals surface area (Å²) in [6.07, 6.45) is 1.84. The largest absolute Gasteiger partial charge is 1.00 e. The molecule has 1 saturated heterocycles. The number of carbonyl (C=O) groups is 1. The van der Waals surface area contributed by atoms with Gasteiger partial charge in [-0.05, 0) is 28.9 Å². The molecule has 128 valence electrons. The first kappa shape index (κ1) is 19.7. The van der Waals surface area contributed by atoms with Gasteiger partial charge in [-0.2, -0.15) is 18.2 Å². The van der Waals surface area contributed by atoms with E-state index in [0.717, 1.165) is 27.8 Å². The average molecular weight is 382 g/mol. The standard InChI is InChI=1S/C21H15N2O2S.Na/c1-25-19-15(12-11-14-7-5-6-10-17(14)19)13-18-20(24)23-21(26-18)22-16-8-3-2-4-9-16;/h3-13H,1H3,(H,22,23,24);/q-1;+1. The van der Waals surface area contributed by atoms with E-state index in [-0.39, 0.29) is 35.5 Å². The minimum atomic E-state index is -0.161. The Hall–Kier alpha value is -2.05. The molecule has 27 heavy (non-hydrogen) atoms. The van der Waals surface area contributed by atoms with E-state index < -0.39 is 0 Å². The molecule has 1 fully saturated rings. The fourth-order valence-corrected chi connectivity index (χ4v) is 3.63. The predicted molar refractivity (Wildman–Crippen MR) is 107 cm³/mol. The molecule has 1 N–H and O–H groups in total. The third-order valence-electron chi connectivity index (χ3n) is 3.98. The minimum absolute atomic E-state index is 0. The Bertz CT molecular complexity index is 1050. The summed E-state index contributed by atoms with van der Waals surface area (Å²) in [6, 6.07) is 22.2. The van der Waals surface area contributed by atoms with Crippen LogP contribution in [-0.2, 0) is 4.79 Å². The molecule has 1 amide bonds. The van der Waals surface area contributed by atoms with E-state index in [1.807, 2.05) is 54.6 Å².